The lowest BCUT2D eigenvalue weighted by Crippen LogP contribution is -2.24. The first-order chi connectivity index (χ1) is 10.6. The van der Waals surface area contributed by atoms with Crippen molar-refractivity contribution in [2.24, 2.45) is 5.92 Å². The molecule has 0 saturated carbocycles. The Morgan fingerprint density at radius 1 is 1.27 bits per heavy atom. The van der Waals surface area contributed by atoms with Gasteiger partial charge in [0.2, 0.25) is 5.91 Å². The summed E-state index contributed by atoms with van der Waals surface area (Å²) in [5, 5.41) is 2.72. The molecule has 5 heteroatoms. The molecule has 0 aliphatic heterocycles. The summed E-state index contributed by atoms with van der Waals surface area (Å²) in [5.41, 5.74) is 0.871. The molecule has 0 aliphatic carbocycles. The van der Waals surface area contributed by atoms with E-state index in [2.05, 4.69) is 19.2 Å². The van der Waals surface area contributed by atoms with Gasteiger partial charge in [0.05, 0.1) is 20.3 Å². The van der Waals surface area contributed by atoms with Crippen molar-refractivity contribution in [2.75, 3.05) is 34.0 Å². The van der Waals surface area contributed by atoms with Crippen molar-refractivity contribution < 1.29 is 19.0 Å². The maximum Gasteiger partial charge on any atom is 0.244 e. The Morgan fingerprint density at radius 3 is 2.68 bits per heavy atom. The van der Waals surface area contributed by atoms with E-state index in [1.165, 1.54) is 6.08 Å². The number of amides is 1. The number of benzene rings is 1. The van der Waals surface area contributed by atoms with Crippen molar-refractivity contribution in [1.29, 1.82) is 0 Å². The molecule has 0 bridgehead atoms. The number of nitrogens with one attached hydrogen (secondary N) is 1. The fraction of sp³-hybridized carbons (Fsp3) is 0.471. The van der Waals surface area contributed by atoms with Gasteiger partial charge in [-0.2, -0.15) is 0 Å². The van der Waals surface area contributed by atoms with Crippen LogP contribution in [-0.2, 0) is 9.53 Å². The van der Waals surface area contributed by atoms with Crippen LogP contribution >= 0.6 is 0 Å². The van der Waals surface area contributed by atoms with E-state index in [1.54, 1.807) is 20.3 Å². The van der Waals surface area contributed by atoms with E-state index >= 15 is 0 Å². The Hall–Kier alpha value is -2.01. The van der Waals surface area contributed by atoms with Crippen LogP contribution in [0.5, 0.6) is 11.5 Å². The normalized spacial score (nSPS) is 11.0. The smallest absolute Gasteiger partial charge is 0.244 e. The van der Waals surface area contributed by atoms with Crippen LogP contribution in [-0.4, -0.2) is 39.9 Å². The molecule has 1 rings (SSSR count). The van der Waals surface area contributed by atoms with Crippen LogP contribution in [0.1, 0.15) is 19.4 Å². The van der Waals surface area contributed by atoms with Crippen molar-refractivity contribution >= 4 is 12.0 Å². The number of ether oxygens (including phenoxy) is 3. The number of hydrogen-bond donors (Lipinski definition) is 1. The fourth-order valence-electron chi connectivity index (χ4n) is 1.67. The molecule has 0 atom stereocenters. The first-order valence-corrected chi connectivity index (χ1v) is 7.32. The van der Waals surface area contributed by atoms with Gasteiger partial charge in [0.1, 0.15) is 0 Å². The maximum absolute atomic E-state index is 11.6. The van der Waals surface area contributed by atoms with E-state index in [0.717, 1.165) is 5.56 Å². The van der Waals surface area contributed by atoms with Gasteiger partial charge in [0, 0.05) is 19.7 Å². The second-order valence-corrected chi connectivity index (χ2v) is 5.23. The zero-order valence-electron chi connectivity index (χ0n) is 13.7. The first kappa shape index (κ1) is 18.0. The quantitative estimate of drug-likeness (QED) is 0.562. The predicted molar refractivity (Wildman–Crippen MR) is 87.2 cm³/mol. The van der Waals surface area contributed by atoms with Crippen LogP contribution in [0.4, 0.5) is 0 Å². The summed E-state index contributed by atoms with van der Waals surface area (Å²) in [5.74, 6) is 1.65. The van der Waals surface area contributed by atoms with Crippen LogP contribution in [0, 0.1) is 5.92 Å². The molecule has 0 radical (unpaired) electrons. The summed E-state index contributed by atoms with van der Waals surface area (Å²) in [7, 11) is 3.19. The SMILES string of the molecule is COCCNC(=O)/C=C/c1ccc(OCC(C)C)c(OC)c1. The van der Waals surface area contributed by atoms with Crippen molar-refractivity contribution in [3.8, 4) is 11.5 Å². The molecule has 0 aromatic heterocycles. The Kier molecular flexibility index (Phi) is 8.07. The molecule has 0 unspecified atom stereocenters. The van der Waals surface area contributed by atoms with Crippen LogP contribution in [0.2, 0.25) is 0 Å². The summed E-state index contributed by atoms with van der Waals surface area (Å²) >= 11 is 0. The Bertz CT molecular complexity index is 497. The molecule has 1 aromatic rings. The number of methoxy groups -OCH3 is 2. The molecule has 0 aliphatic rings. The number of carbonyl (C=O) groups excluding carboxylic acids is 1. The minimum Gasteiger partial charge on any atom is -0.493 e. The maximum atomic E-state index is 11.6. The van der Waals surface area contributed by atoms with Gasteiger partial charge >= 0.3 is 0 Å². The highest BCUT2D eigenvalue weighted by molar-refractivity contribution is 5.91. The molecule has 1 aromatic carbocycles. The van der Waals surface area contributed by atoms with Crippen LogP contribution in [0.25, 0.3) is 6.08 Å². The van der Waals surface area contributed by atoms with E-state index in [0.29, 0.717) is 37.2 Å². The standard InChI is InChI=1S/C17H25NO4/c1-13(2)12-22-15-7-5-14(11-16(15)21-4)6-8-17(19)18-9-10-20-3/h5-8,11,13H,9-10,12H2,1-4H3,(H,18,19)/b8-6+. The van der Waals surface area contributed by atoms with E-state index < -0.39 is 0 Å². The van der Waals surface area contributed by atoms with Crippen LogP contribution < -0.4 is 14.8 Å². The molecular weight excluding hydrogens is 282 g/mol. The second-order valence-electron chi connectivity index (χ2n) is 5.23. The van der Waals surface area contributed by atoms with Gasteiger partial charge in [-0.05, 0) is 29.7 Å². The minimum absolute atomic E-state index is 0.156. The molecule has 5 nitrogen and oxygen atoms in total. The molecule has 1 amide bonds. The Morgan fingerprint density at radius 2 is 2.05 bits per heavy atom. The van der Waals surface area contributed by atoms with Gasteiger partial charge in [0.25, 0.3) is 0 Å². The third-order valence-electron chi connectivity index (χ3n) is 2.79. The second kappa shape index (κ2) is 9.84. The van der Waals surface area contributed by atoms with Crippen molar-refractivity contribution in [1.82, 2.24) is 5.32 Å². The minimum atomic E-state index is -0.156. The van der Waals surface area contributed by atoms with Crippen molar-refractivity contribution in [3.05, 3.63) is 29.8 Å². The Balaban J connectivity index is 2.66. The predicted octanol–water partition coefficient (Wildman–Crippen LogP) is 2.51. The molecule has 22 heavy (non-hydrogen) atoms. The lowest BCUT2D eigenvalue weighted by atomic mass is 10.2. The molecule has 0 spiro atoms. The number of rotatable bonds is 9. The highest BCUT2D eigenvalue weighted by Crippen LogP contribution is 2.28. The lowest BCUT2D eigenvalue weighted by molar-refractivity contribution is -0.116. The molecular formula is C17H25NO4. The van der Waals surface area contributed by atoms with Gasteiger partial charge in [-0.15, -0.1) is 0 Å². The fourth-order valence-corrected chi connectivity index (χ4v) is 1.67. The summed E-state index contributed by atoms with van der Waals surface area (Å²) in [6.45, 7) is 5.80. The highest BCUT2D eigenvalue weighted by atomic mass is 16.5. The van der Waals surface area contributed by atoms with Gasteiger partial charge in [0.15, 0.2) is 11.5 Å². The van der Waals surface area contributed by atoms with Gasteiger partial charge in [-0.25, -0.2) is 0 Å². The van der Waals surface area contributed by atoms with E-state index in [-0.39, 0.29) is 5.91 Å². The summed E-state index contributed by atoms with van der Waals surface area (Å²) in [6, 6.07) is 5.58. The molecule has 0 heterocycles. The lowest BCUT2D eigenvalue weighted by Gasteiger charge is -2.12. The molecule has 122 valence electrons. The summed E-state index contributed by atoms with van der Waals surface area (Å²) < 4.78 is 15.9. The average Bonchev–Trinajstić information content (AvgIpc) is 2.51. The van der Waals surface area contributed by atoms with Gasteiger partial charge < -0.3 is 19.5 Å². The van der Waals surface area contributed by atoms with Crippen LogP contribution in [0.15, 0.2) is 24.3 Å². The zero-order chi connectivity index (χ0) is 16.4. The molecule has 0 fully saturated rings. The monoisotopic (exact) mass is 307 g/mol. The van der Waals surface area contributed by atoms with E-state index in [4.69, 9.17) is 14.2 Å². The Labute approximate surface area is 132 Å². The third-order valence-corrected chi connectivity index (χ3v) is 2.79. The van der Waals surface area contributed by atoms with Crippen molar-refractivity contribution in [2.45, 2.75) is 13.8 Å². The largest absolute Gasteiger partial charge is 0.493 e. The topological polar surface area (TPSA) is 56.8 Å². The van der Waals surface area contributed by atoms with Crippen molar-refractivity contribution in [3.63, 3.8) is 0 Å². The van der Waals surface area contributed by atoms with Gasteiger partial charge in [-0.1, -0.05) is 19.9 Å². The summed E-state index contributed by atoms with van der Waals surface area (Å²) in [4.78, 5) is 11.6. The zero-order valence-corrected chi connectivity index (χ0v) is 13.7. The van der Waals surface area contributed by atoms with Crippen LogP contribution in [0.3, 0.4) is 0 Å². The number of carbonyl (C=O) groups is 1. The van der Waals surface area contributed by atoms with E-state index in [9.17, 15) is 4.79 Å². The average molecular weight is 307 g/mol. The number of hydrogen-bond acceptors (Lipinski definition) is 4. The molecule has 1 N–H and O–H groups in total. The first-order valence-electron chi connectivity index (χ1n) is 7.32. The van der Waals surface area contributed by atoms with Gasteiger partial charge in [-0.3, -0.25) is 4.79 Å². The molecule has 0 saturated heterocycles. The highest BCUT2D eigenvalue weighted by Gasteiger charge is 2.06. The summed E-state index contributed by atoms with van der Waals surface area (Å²) in [6.07, 6.45) is 3.22. The van der Waals surface area contributed by atoms with E-state index in [1.807, 2.05) is 18.2 Å². The third kappa shape index (κ3) is 6.63.